The Hall–Kier alpha value is -1.66. The maximum absolute atomic E-state index is 12.0. The largest absolute Gasteiger partial charge is 0.354 e. The number of hydrogen-bond acceptors (Lipinski definition) is 4. The molecule has 3 rings (SSSR count). The molecular weight excluding hydrogens is 503 g/mol. The predicted octanol–water partition coefficient (Wildman–Crippen LogP) is 1.97. The summed E-state index contributed by atoms with van der Waals surface area (Å²) in [4.78, 5) is 4.30. The third-order valence-electron chi connectivity index (χ3n) is 4.92. The Balaban J connectivity index is 0.00000300. The molecule has 0 bridgehead atoms. The second-order valence-corrected chi connectivity index (χ2v) is 9.02. The minimum absolute atomic E-state index is 0. The van der Waals surface area contributed by atoms with Gasteiger partial charge in [-0.1, -0.05) is 12.1 Å². The van der Waals surface area contributed by atoms with E-state index in [-0.39, 0.29) is 35.8 Å². The fourth-order valence-corrected chi connectivity index (χ4v) is 4.40. The van der Waals surface area contributed by atoms with Crippen LogP contribution in [0.4, 0.5) is 0 Å². The van der Waals surface area contributed by atoms with Crippen LogP contribution in [0.15, 0.2) is 47.7 Å². The normalized spacial score (nSPS) is 16.3. The molecule has 0 aliphatic carbocycles. The van der Waals surface area contributed by atoms with Gasteiger partial charge in [-0.3, -0.25) is 4.99 Å². The van der Waals surface area contributed by atoms with Gasteiger partial charge in [0.1, 0.15) is 0 Å². The zero-order valence-corrected chi connectivity index (χ0v) is 19.9. The second kappa shape index (κ2) is 10.9. The number of halogens is 1. The molecule has 1 aromatic heterocycles. The summed E-state index contributed by atoms with van der Waals surface area (Å²) in [7, 11) is -1.35. The first-order valence-electron chi connectivity index (χ1n) is 9.56. The van der Waals surface area contributed by atoms with Crippen LogP contribution in [0, 0.1) is 0 Å². The average molecular weight is 532 g/mol. The number of aliphatic imine (C=N–C) groups is 1. The van der Waals surface area contributed by atoms with E-state index in [2.05, 4.69) is 32.9 Å². The van der Waals surface area contributed by atoms with Crippen LogP contribution in [0.3, 0.4) is 0 Å². The molecule has 0 amide bonds. The van der Waals surface area contributed by atoms with Gasteiger partial charge in [-0.25, -0.2) is 17.4 Å². The summed E-state index contributed by atoms with van der Waals surface area (Å²) in [6, 6.07) is 10.3. The molecule has 8 nitrogen and oxygen atoms in total. The Kier molecular flexibility index (Phi) is 8.90. The van der Waals surface area contributed by atoms with Gasteiger partial charge in [0.25, 0.3) is 0 Å². The molecule has 0 unspecified atom stereocenters. The molecule has 1 saturated heterocycles. The molecule has 0 radical (unpaired) electrons. The van der Waals surface area contributed by atoms with Gasteiger partial charge >= 0.3 is 0 Å². The quantitative estimate of drug-likeness (QED) is 0.337. The summed E-state index contributed by atoms with van der Waals surface area (Å²) >= 11 is 0. The number of benzene rings is 1. The minimum Gasteiger partial charge on any atom is -0.354 e. The third-order valence-corrected chi connectivity index (χ3v) is 6.80. The molecule has 1 aliphatic rings. The lowest BCUT2D eigenvalue weighted by atomic mass is 10.1. The van der Waals surface area contributed by atoms with Crippen molar-refractivity contribution in [1.29, 1.82) is 0 Å². The van der Waals surface area contributed by atoms with Gasteiger partial charge < -0.3 is 10.6 Å². The molecule has 29 heavy (non-hydrogen) atoms. The number of aromatic nitrogens is 2. The van der Waals surface area contributed by atoms with Crippen molar-refractivity contribution in [3.63, 3.8) is 0 Å². The highest BCUT2D eigenvalue weighted by Gasteiger charge is 2.26. The maximum Gasteiger partial charge on any atom is 0.213 e. The fraction of sp³-hybridized carbons (Fsp3) is 0.474. The van der Waals surface area contributed by atoms with Crippen LogP contribution in [0.25, 0.3) is 5.69 Å². The molecule has 0 atom stereocenters. The van der Waals surface area contributed by atoms with Gasteiger partial charge in [0.2, 0.25) is 10.0 Å². The van der Waals surface area contributed by atoms with Crippen molar-refractivity contribution in [2.24, 2.45) is 4.99 Å². The van der Waals surface area contributed by atoms with E-state index >= 15 is 0 Å². The van der Waals surface area contributed by atoms with Crippen LogP contribution < -0.4 is 10.6 Å². The summed E-state index contributed by atoms with van der Waals surface area (Å²) < 4.78 is 27.4. The Morgan fingerprint density at radius 2 is 2.03 bits per heavy atom. The van der Waals surface area contributed by atoms with Crippen LogP contribution >= 0.6 is 24.0 Å². The first-order chi connectivity index (χ1) is 13.5. The van der Waals surface area contributed by atoms with Crippen LogP contribution in [-0.2, 0) is 16.6 Å². The lowest BCUT2D eigenvalue weighted by Gasteiger charge is -2.32. The predicted molar refractivity (Wildman–Crippen MR) is 126 cm³/mol. The molecular formula is C19H29IN6O2S. The lowest BCUT2D eigenvalue weighted by Crippen LogP contribution is -2.49. The molecule has 2 aromatic rings. The summed E-state index contributed by atoms with van der Waals surface area (Å²) in [5.74, 6) is 0.882. The first-order valence-corrected chi connectivity index (χ1v) is 11.2. The van der Waals surface area contributed by atoms with Crippen molar-refractivity contribution in [2.75, 3.05) is 25.9 Å². The standard InChI is InChI=1S/C19H28N6O2S.HI/c1-3-28(26,27)24-12-8-17(9-13-24)23-19(20-2)21-15-16-6-4-7-18(14-16)25-11-5-10-22-25;/h4-7,10-11,14,17H,3,8-9,12-13,15H2,1-2H3,(H2,20,21,23);1H. The van der Waals surface area contributed by atoms with E-state index in [0.717, 1.165) is 30.1 Å². The topological polar surface area (TPSA) is 91.6 Å². The molecule has 160 valence electrons. The van der Waals surface area contributed by atoms with Gasteiger partial charge in [0.05, 0.1) is 11.4 Å². The van der Waals surface area contributed by atoms with E-state index in [1.807, 2.05) is 29.1 Å². The highest BCUT2D eigenvalue weighted by molar-refractivity contribution is 14.0. The van der Waals surface area contributed by atoms with E-state index in [9.17, 15) is 8.42 Å². The lowest BCUT2D eigenvalue weighted by molar-refractivity contribution is 0.306. The summed E-state index contributed by atoms with van der Waals surface area (Å²) in [6.45, 7) is 3.43. The van der Waals surface area contributed by atoms with E-state index < -0.39 is 10.0 Å². The summed E-state index contributed by atoms with van der Waals surface area (Å²) in [5, 5.41) is 11.0. The van der Waals surface area contributed by atoms with Crippen LogP contribution in [0.5, 0.6) is 0 Å². The van der Waals surface area contributed by atoms with Gasteiger partial charge in [-0.05, 0) is 43.5 Å². The number of piperidine rings is 1. The Bertz CT molecular complexity index is 893. The van der Waals surface area contributed by atoms with Crippen LogP contribution in [0.2, 0.25) is 0 Å². The van der Waals surface area contributed by atoms with Crippen molar-refractivity contribution >= 4 is 40.0 Å². The Labute approximate surface area is 189 Å². The smallest absolute Gasteiger partial charge is 0.213 e. The Morgan fingerprint density at radius 3 is 2.66 bits per heavy atom. The van der Waals surface area contributed by atoms with Crippen LogP contribution in [-0.4, -0.2) is 60.4 Å². The zero-order valence-electron chi connectivity index (χ0n) is 16.8. The van der Waals surface area contributed by atoms with Crippen molar-refractivity contribution in [3.05, 3.63) is 48.3 Å². The molecule has 2 N–H and O–H groups in total. The van der Waals surface area contributed by atoms with E-state index in [0.29, 0.717) is 19.6 Å². The minimum atomic E-state index is -3.10. The monoisotopic (exact) mass is 532 g/mol. The molecule has 0 spiro atoms. The molecule has 1 fully saturated rings. The van der Waals surface area contributed by atoms with E-state index in [1.54, 1.807) is 24.5 Å². The average Bonchev–Trinajstić information content (AvgIpc) is 3.26. The number of nitrogens with zero attached hydrogens (tertiary/aromatic N) is 4. The zero-order chi connectivity index (χ0) is 20.0. The number of nitrogens with one attached hydrogen (secondary N) is 2. The van der Waals surface area contributed by atoms with Crippen LogP contribution in [0.1, 0.15) is 25.3 Å². The summed E-state index contributed by atoms with van der Waals surface area (Å²) in [6.07, 6.45) is 5.22. The molecule has 10 heteroatoms. The van der Waals surface area contributed by atoms with Crippen molar-refractivity contribution in [3.8, 4) is 5.69 Å². The number of guanidine groups is 1. The number of sulfonamides is 1. The molecule has 1 aliphatic heterocycles. The van der Waals surface area contributed by atoms with Gasteiger partial charge in [0.15, 0.2) is 5.96 Å². The highest BCUT2D eigenvalue weighted by atomic mass is 127. The highest BCUT2D eigenvalue weighted by Crippen LogP contribution is 2.14. The molecule has 0 saturated carbocycles. The summed E-state index contributed by atoms with van der Waals surface area (Å²) in [5.41, 5.74) is 2.14. The molecule has 2 heterocycles. The van der Waals surface area contributed by atoms with E-state index in [4.69, 9.17) is 0 Å². The van der Waals surface area contributed by atoms with Gasteiger partial charge in [0, 0.05) is 45.1 Å². The van der Waals surface area contributed by atoms with Gasteiger partial charge in [-0.2, -0.15) is 5.10 Å². The second-order valence-electron chi connectivity index (χ2n) is 6.76. The number of hydrogen-bond donors (Lipinski definition) is 2. The van der Waals surface area contributed by atoms with Crippen molar-refractivity contribution in [2.45, 2.75) is 32.4 Å². The third kappa shape index (κ3) is 6.41. The SMILES string of the molecule is CCS(=O)(=O)N1CCC(NC(=NC)NCc2cccc(-n3cccn3)c2)CC1.I. The molecule has 1 aromatic carbocycles. The number of rotatable bonds is 6. The van der Waals surface area contributed by atoms with Crippen molar-refractivity contribution < 1.29 is 8.42 Å². The van der Waals surface area contributed by atoms with Gasteiger partial charge in [-0.15, -0.1) is 24.0 Å². The fourth-order valence-electron chi connectivity index (χ4n) is 3.27. The van der Waals surface area contributed by atoms with Crippen molar-refractivity contribution in [1.82, 2.24) is 24.7 Å². The first kappa shape index (κ1) is 23.6. The maximum atomic E-state index is 12.0. The van der Waals surface area contributed by atoms with E-state index in [1.165, 1.54) is 0 Å². The Morgan fingerprint density at radius 1 is 1.28 bits per heavy atom.